The quantitative estimate of drug-likeness (QED) is 0.800. The van der Waals surface area contributed by atoms with Gasteiger partial charge in [-0.3, -0.25) is 4.79 Å². The Hall–Kier alpha value is -2.89. The number of nitrogens with zero attached hydrogens (tertiary/aromatic N) is 1. The number of hydrogen-bond acceptors (Lipinski definition) is 3. The summed E-state index contributed by atoms with van der Waals surface area (Å²) in [5.41, 5.74) is 2.86. The Kier molecular flexibility index (Phi) is 4.20. The van der Waals surface area contributed by atoms with Gasteiger partial charge < -0.3 is 14.4 Å². The summed E-state index contributed by atoms with van der Waals surface area (Å²) < 4.78 is 34.3. The smallest absolute Gasteiger partial charge is 0.387 e. The summed E-state index contributed by atoms with van der Waals surface area (Å²) in [5.74, 6) is 0.00438. The number of para-hydroxylation sites is 1. The molecular formula is C18H15F2NO3. The lowest BCUT2D eigenvalue weighted by Crippen LogP contribution is -2.20. The van der Waals surface area contributed by atoms with Crippen molar-refractivity contribution in [2.45, 2.75) is 6.61 Å². The van der Waals surface area contributed by atoms with Crippen molar-refractivity contribution in [1.29, 1.82) is 0 Å². The Morgan fingerprint density at radius 1 is 1.12 bits per heavy atom. The van der Waals surface area contributed by atoms with Crippen LogP contribution in [0.3, 0.4) is 0 Å². The summed E-state index contributed by atoms with van der Waals surface area (Å²) in [4.78, 5) is 14.0. The number of benzene rings is 2. The lowest BCUT2D eigenvalue weighted by Gasteiger charge is -2.10. The first-order chi connectivity index (χ1) is 11.5. The molecule has 0 radical (unpaired) electrons. The number of ether oxygens (including phenoxy) is 2. The van der Waals surface area contributed by atoms with E-state index in [1.807, 2.05) is 24.3 Å². The van der Waals surface area contributed by atoms with Crippen molar-refractivity contribution in [1.82, 2.24) is 0 Å². The maximum absolute atomic E-state index is 12.4. The number of anilines is 1. The van der Waals surface area contributed by atoms with Crippen LogP contribution in [0.4, 0.5) is 14.5 Å². The van der Waals surface area contributed by atoms with E-state index >= 15 is 0 Å². The van der Waals surface area contributed by atoms with Crippen LogP contribution < -0.4 is 14.4 Å². The monoisotopic (exact) mass is 331 g/mol. The SMILES string of the molecule is COc1cc(/C=C2\C(=O)N(C)c3ccccc32)ccc1OC(F)F. The average Bonchev–Trinajstić information content (AvgIpc) is 2.81. The molecule has 1 heterocycles. The standard InChI is InChI=1S/C18H15F2NO3/c1-21-14-6-4-3-5-12(14)13(17(21)22)9-11-7-8-15(24-18(19)20)16(10-11)23-2/h3-10,18H,1-2H3/b13-9-. The summed E-state index contributed by atoms with van der Waals surface area (Å²) in [5, 5.41) is 0. The number of carbonyl (C=O) groups excluding carboxylic acids is 1. The van der Waals surface area contributed by atoms with Crippen LogP contribution in [0.2, 0.25) is 0 Å². The van der Waals surface area contributed by atoms with Crippen LogP contribution in [0.25, 0.3) is 11.6 Å². The topological polar surface area (TPSA) is 38.8 Å². The molecule has 0 atom stereocenters. The van der Waals surface area contributed by atoms with Crippen molar-refractivity contribution in [3.8, 4) is 11.5 Å². The number of hydrogen-bond donors (Lipinski definition) is 0. The summed E-state index contributed by atoms with van der Waals surface area (Å²) in [7, 11) is 3.08. The van der Waals surface area contributed by atoms with Crippen LogP contribution in [0.5, 0.6) is 11.5 Å². The molecule has 0 fully saturated rings. The lowest BCUT2D eigenvalue weighted by molar-refractivity contribution is -0.112. The number of rotatable bonds is 4. The van der Waals surface area contributed by atoms with E-state index in [0.717, 1.165) is 11.3 Å². The van der Waals surface area contributed by atoms with Gasteiger partial charge in [-0.05, 0) is 29.8 Å². The zero-order valence-corrected chi connectivity index (χ0v) is 13.1. The summed E-state index contributed by atoms with van der Waals surface area (Å²) in [6.45, 7) is -2.93. The first-order valence-electron chi connectivity index (χ1n) is 7.23. The Morgan fingerprint density at radius 3 is 2.58 bits per heavy atom. The highest BCUT2D eigenvalue weighted by molar-refractivity contribution is 6.35. The van der Waals surface area contributed by atoms with E-state index in [1.54, 1.807) is 30.2 Å². The number of likely N-dealkylation sites (N-methyl/N-ethyl adjacent to an activating group) is 1. The number of alkyl halides is 2. The molecule has 0 bridgehead atoms. The Balaban J connectivity index is 2.01. The lowest BCUT2D eigenvalue weighted by atomic mass is 10.0. The number of halogens is 2. The second kappa shape index (κ2) is 6.31. The van der Waals surface area contributed by atoms with E-state index in [2.05, 4.69) is 4.74 Å². The minimum absolute atomic E-state index is 0.0510. The van der Waals surface area contributed by atoms with Gasteiger partial charge in [-0.2, -0.15) is 8.78 Å². The Labute approximate surface area is 137 Å². The molecule has 4 nitrogen and oxygen atoms in total. The minimum atomic E-state index is -2.93. The molecule has 0 aromatic heterocycles. The first-order valence-corrected chi connectivity index (χ1v) is 7.23. The van der Waals surface area contributed by atoms with E-state index in [-0.39, 0.29) is 17.4 Å². The second-order valence-corrected chi connectivity index (χ2v) is 5.23. The van der Waals surface area contributed by atoms with Gasteiger partial charge in [0.25, 0.3) is 5.91 Å². The van der Waals surface area contributed by atoms with Crippen molar-refractivity contribution in [3.63, 3.8) is 0 Å². The predicted molar refractivity (Wildman–Crippen MR) is 87.3 cm³/mol. The molecule has 6 heteroatoms. The number of fused-ring (bicyclic) bond motifs is 1. The third-order valence-electron chi connectivity index (χ3n) is 3.81. The third kappa shape index (κ3) is 2.82. The number of amides is 1. The van der Waals surface area contributed by atoms with E-state index < -0.39 is 6.61 Å². The van der Waals surface area contributed by atoms with Crippen molar-refractivity contribution in [2.75, 3.05) is 19.1 Å². The molecule has 0 aliphatic carbocycles. The van der Waals surface area contributed by atoms with Gasteiger partial charge in [0, 0.05) is 18.2 Å². The average molecular weight is 331 g/mol. The van der Waals surface area contributed by atoms with Gasteiger partial charge >= 0.3 is 6.61 Å². The van der Waals surface area contributed by atoms with E-state index in [4.69, 9.17) is 4.74 Å². The highest BCUT2D eigenvalue weighted by atomic mass is 19.3. The van der Waals surface area contributed by atoms with Gasteiger partial charge in [0.05, 0.1) is 12.8 Å². The van der Waals surface area contributed by atoms with Gasteiger partial charge in [0.15, 0.2) is 11.5 Å². The fourth-order valence-corrected chi connectivity index (χ4v) is 2.67. The molecule has 2 aromatic rings. The van der Waals surface area contributed by atoms with E-state index in [1.165, 1.54) is 13.2 Å². The molecule has 0 N–H and O–H groups in total. The molecule has 24 heavy (non-hydrogen) atoms. The molecule has 124 valence electrons. The maximum Gasteiger partial charge on any atom is 0.387 e. The van der Waals surface area contributed by atoms with Gasteiger partial charge in [-0.15, -0.1) is 0 Å². The largest absolute Gasteiger partial charge is 0.493 e. The van der Waals surface area contributed by atoms with Crippen LogP contribution in [-0.4, -0.2) is 26.7 Å². The van der Waals surface area contributed by atoms with Gasteiger partial charge in [-0.1, -0.05) is 24.3 Å². The number of methoxy groups -OCH3 is 1. The molecule has 3 rings (SSSR count). The molecule has 1 aliphatic heterocycles. The molecule has 2 aromatic carbocycles. The van der Waals surface area contributed by atoms with Crippen molar-refractivity contribution >= 4 is 23.2 Å². The molecular weight excluding hydrogens is 316 g/mol. The van der Waals surface area contributed by atoms with Crippen LogP contribution in [0.1, 0.15) is 11.1 Å². The zero-order chi connectivity index (χ0) is 17.3. The van der Waals surface area contributed by atoms with E-state index in [0.29, 0.717) is 11.1 Å². The predicted octanol–water partition coefficient (Wildman–Crippen LogP) is 3.81. The summed E-state index contributed by atoms with van der Waals surface area (Å²) >= 11 is 0. The van der Waals surface area contributed by atoms with Gasteiger partial charge in [0.2, 0.25) is 0 Å². The molecule has 1 aliphatic rings. The fourth-order valence-electron chi connectivity index (χ4n) is 2.67. The fraction of sp³-hybridized carbons (Fsp3) is 0.167. The van der Waals surface area contributed by atoms with Gasteiger partial charge in [-0.25, -0.2) is 0 Å². The Bertz CT molecular complexity index is 818. The summed E-state index contributed by atoms with van der Waals surface area (Å²) in [6, 6.07) is 12.0. The molecule has 1 amide bonds. The molecule has 0 unspecified atom stereocenters. The minimum Gasteiger partial charge on any atom is -0.493 e. The second-order valence-electron chi connectivity index (χ2n) is 5.23. The highest BCUT2D eigenvalue weighted by Crippen LogP contribution is 2.37. The number of carbonyl (C=O) groups is 1. The summed E-state index contributed by atoms with van der Waals surface area (Å²) in [6.07, 6.45) is 1.71. The third-order valence-corrected chi connectivity index (χ3v) is 3.81. The normalized spacial score (nSPS) is 15.1. The molecule has 0 spiro atoms. The zero-order valence-electron chi connectivity index (χ0n) is 13.1. The van der Waals surface area contributed by atoms with Crippen LogP contribution in [-0.2, 0) is 4.79 Å². The van der Waals surface area contributed by atoms with Crippen molar-refractivity contribution in [3.05, 3.63) is 53.6 Å². The maximum atomic E-state index is 12.4. The Morgan fingerprint density at radius 2 is 1.88 bits per heavy atom. The van der Waals surface area contributed by atoms with E-state index in [9.17, 15) is 13.6 Å². The van der Waals surface area contributed by atoms with Crippen LogP contribution >= 0.6 is 0 Å². The van der Waals surface area contributed by atoms with Crippen LogP contribution in [0.15, 0.2) is 42.5 Å². The molecule has 0 saturated heterocycles. The van der Waals surface area contributed by atoms with Gasteiger partial charge in [0.1, 0.15) is 0 Å². The van der Waals surface area contributed by atoms with Crippen molar-refractivity contribution < 1.29 is 23.0 Å². The molecule has 0 saturated carbocycles. The highest BCUT2D eigenvalue weighted by Gasteiger charge is 2.29. The van der Waals surface area contributed by atoms with Crippen molar-refractivity contribution in [2.24, 2.45) is 0 Å². The van der Waals surface area contributed by atoms with Crippen LogP contribution in [0, 0.1) is 0 Å². The first kappa shape index (κ1) is 16.0.